The minimum Gasteiger partial charge on any atom is -0.388 e. The monoisotopic (exact) mass is 822 g/mol. The topological polar surface area (TPSA) is 150 Å². The first-order valence-corrected chi connectivity index (χ1v) is 21.6. The summed E-state index contributed by atoms with van der Waals surface area (Å²) in [4.78, 5) is 73.1. The molecule has 12 heteroatoms. The van der Waals surface area contributed by atoms with Gasteiger partial charge in [-0.1, -0.05) is 88.4 Å². The van der Waals surface area contributed by atoms with Gasteiger partial charge < -0.3 is 25.8 Å². The van der Waals surface area contributed by atoms with Crippen LogP contribution in [0.3, 0.4) is 0 Å². The Morgan fingerprint density at radius 1 is 0.492 bits per heavy atom. The van der Waals surface area contributed by atoms with E-state index in [1.807, 2.05) is 6.92 Å². The number of hydrogen-bond donors (Lipinski definition) is 3. The highest BCUT2D eigenvalue weighted by Crippen LogP contribution is 2.43. The van der Waals surface area contributed by atoms with E-state index in [2.05, 4.69) is 68.4 Å². The quantitative estimate of drug-likeness (QED) is 0.0765. The fourth-order valence-corrected chi connectivity index (χ4v) is 8.24. The van der Waals surface area contributed by atoms with Crippen molar-refractivity contribution in [2.45, 2.75) is 60.3 Å². The summed E-state index contributed by atoms with van der Waals surface area (Å²) in [5, 5.41) is 9.40. The second-order valence-corrected chi connectivity index (χ2v) is 15.1. The highest BCUT2D eigenvalue weighted by atomic mass is 16.1. The zero-order valence-electron chi connectivity index (χ0n) is 36.6. The molecule has 0 saturated carbocycles. The molecule has 0 fully saturated rings. The number of unbranched alkanes of at least 4 members (excludes halogenated alkanes) is 1. The maximum absolute atomic E-state index is 13.8. The van der Waals surface area contributed by atoms with Crippen LogP contribution in [-0.4, -0.2) is 108 Å². The van der Waals surface area contributed by atoms with Gasteiger partial charge in [-0.2, -0.15) is 9.97 Å². The van der Waals surface area contributed by atoms with Gasteiger partial charge in [-0.3, -0.25) is 19.2 Å². The molecule has 0 saturated heterocycles. The van der Waals surface area contributed by atoms with E-state index in [9.17, 15) is 19.2 Å². The van der Waals surface area contributed by atoms with Gasteiger partial charge in [-0.25, -0.2) is 4.98 Å². The molecule has 7 rings (SSSR count). The molecular weight excluding hydrogens is 765 g/mol. The van der Waals surface area contributed by atoms with Crippen LogP contribution in [0.4, 0.5) is 17.3 Å². The number of carbonyl (C=O) groups excluding carboxylic acids is 4. The van der Waals surface area contributed by atoms with Crippen molar-refractivity contribution >= 4 is 40.5 Å². The van der Waals surface area contributed by atoms with Crippen LogP contribution >= 0.6 is 0 Å². The van der Waals surface area contributed by atoms with Gasteiger partial charge in [-0.15, -0.1) is 0 Å². The van der Waals surface area contributed by atoms with Gasteiger partial charge in [0, 0.05) is 71.8 Å². The Morgan fingerprint density at radius 3 is 1.34 bits per heavy atom. The highest BCUT2D eigenvalue weighted by Gasteiger charge is 2.38. The predicted molar refractivity (Wildman–Crippen MR) is 244 cm³/mol. The Labute approximate surface area is 359 Å². The summed E-state index contributed by atoms with van der Waals surface area (Å²) in [5.41, 5.74) is 4.23. The zero-order valence-corrected chi connectivity index (χ0v) is 36.6. The van der Waals surface area contributed by atoms with E-state index in [1.165, 1.54) is 6.42 Å². The molecule has 5 aromatic rings. The Morgan fingerprint density at radius 2 is 0.918 bits per heavy atom. The summed E-state index contributed by atoms with van der Waals surface area (Å²) in [6.45, 7) is 18.5. The molecule has 1 heterocycles. The van der Waals surface area contributed by atoms with Crippen molar-refractivity contribution in [1.29, 1.82) is 0 Å². The van der Waals surface area contributed by atoms with E-state index in [0.717, 1.165) is 82.7 Å². The Hall–Kier alpha value is -6.11. The first-order chi connectivity index (χ1) is 29.6. The lowest BCUT2D eigenvalue weighted by Crippen LogP contribution is -2.25. The Kier molecular flexibility index (Phi) is 14.9. The molecule has 0 atom stereocenters. The number of fused-ring (bicyclic) bond motifs is 4. The van der Waals surface area contributed by atoms with E-state index in [0.29, 0.717) is 44.8 Å². The summed E-state index contributed by atoms with van der Waals surface area (Å²) in [5.74, 6) is 1.33. The summed E-state index contributed by atoms with van der Waals surface area (Å²) in [6, 6.07) is 20.4. The van der Waals surface area contributed by atoms with Crippen molar-refractivity contribution in [3.05, 3.63) is 129 Å². The third kappa shape index (κ3) is 9.45. The molecule has 2 aliphatic rings. The average molecular weight is 823 g/mol. The molecular formula is C49H58N8O4. The molecule has 1 aromatic heterocycles. The molecule has 0 amide bonds. The van der Waals surface area contributed by atoms with Crippen LogP contribution in [0.1, 0.15) is 122 Å². The van der Waals surface area contributed by atoms with E-state index in [1.54, 1.807) is 86.9 Å². The fraction of sp³-hybridized carbons (Fsp3) is 0.367. The fourth-order valence-electron chi connectivity index (χ4n) is 8.24. The van der Waals surface area contributed by atoms with Gasteiger partial charge >= 0.3 is 0 Å². The van der Waals surface area contributed by atoms with E-state index < -0.39 is 0 Å². The molecule has 0 spiro atoms. The molecule has 4 aromatic carbocycles. The standard InChI is InChI=1S/C30H20N2O4.C19H38N6/c1-31-21-13-11-15(23-25(21)29(35)19-9-5-3-7-17(19)27(23)33)16-12-14-22(32-2)26-24(16)28(34)18-8-4-6-10-20(18)30(26)36;1-6-24(7-2)15-11-10-13-18-21-17(5)22-19(23-18)20-14-12-16-25(8-3)9-4/h3-14,31-32H,1-2H3;6-16H2,1-5H3,(H,20,21,22,23). The van der Waals surface area contributed by atoms with Gasteiger partial charge in [0.1, 0.15) is 11.6 Å². The van der Waals surface area contributed by atoms with Crippen LogP contribution in [0.5, 0.6) is 0 Å². The maximum atomic E-state index is 13.8. The van der Waals surface area contributed by atoms with E-state index in [-0.39, 0.29) is 45.4 Å². The van der Waals surface area contributed by atoms with Gasteiger partial charge in [0.25, 0.3) is 0 Å². The molecule has 0 bridgehead atoms. The zero-order chi connectivity index (χ0) is 43.6. The second kappa shape index (κ2) is 20.4. The van der Waals surface area contributed by atoms with Crippen LogP contribution in [0.25, 0.3) is 11.1 Å². The highest BCUT2D eigenvalue weighted by molar-refractivity contribution is 6.35. The number of rotatable bonds is 17. The van der Waals surface area contributed by atoms with Crippen LogP contribution in [0.2, 0.25) is 0 Å². The molecule has 318 valence electrons. The van der Waals surface area contributed by atoms with Crippen LogP contribution < -0.4 is 16.0 Å². The lowest BCUT2D eigenvalue weighted by Gasteiger charge is -2.26. The Balaban J connectivity index is 0.000000220. The molecule has 0 radical (unpaired) electrons. The number of anilines is 3. The van der Waals surface area contributed by atoms with Crippen molar-refractivity contribution in [3.8, 4) is 11.1 Å². The van der Waals surface area contributed by atoms with Gasteiger partial charge in [0.15, 0.2) is 23.1 Å². The number of nitrogens with one attached hydrogen (secondary N) is 3. The number of nitrogens with zero attached hydrogens (tertiary/aromatic N) is 5. The third-order valence-electron chi connectivity index (χ3n) is 11.6. The minimum atomic E-state index is -0.297. The summed E-state index contributed by atoms with van der Waals surface area (Å²) in [6.07, 6.45) is 4.35. The summed E-state index contributed by atoms with van der Waals surface area (Å²) in [7, 11) is 3.38. The second-order valence-electron chi connectivity index (χ2n) is 15.1. The Bertz CT molecular complexity index is 2260. The molecule has 2 aliphatic carbocycles. The van der Waals surface area contributed by atoms with Crippen molar-refractivity contribution in [2.24, 2.45) is 0 Å². The van der Waals surface area contributed by atoms with Crippen molar-refractivity contribution < 1.29 is 19.2 Å². The number of carbonyl (C=O) groups is 4. The number of hydrogen-bond acceptors (Lipinski definition) is 12. The van der Waals surface area contributed by atoms with Crippen LogP contribution in [0, 0.1) is 6.92 Å². The smallest absolute Gasteiger partial charge is 0.226 e. The van der Waals surface area contributed by atoms with Gasteiger partial charge in [0.2, 0.25) is 5.95 Å². The maximum Gasteiger partial charge on any atom is 0.226 e. The minimum absolute atomic E-state index is 0.226. The third-order valence-corrected chi connectivity index (χ3v) is 11.6. The van der Waals surface area contributed by atoms with Crippen molar-refractivity contribution in [3.63, 3.8) is 0 Å². The number of benzene rings is 4. The molecule has 0 unspecified atom stereocenters. The van der Waals surface area contributed by atoms with Crippen LogP contribution in [-0.2, 0) is 6.42 Å². The number of aryl methyl sites for hydroxylation is 2. The largest absolute Gasteiger partial charge is 0.388 e. The van der Waals surface area contributed by atoms with Crippen molar-refractivity contribution in [1.82, 2.24) is 24.8 Å². The normalized spacial score (nSPS) is 12.7. The first kappa shape index (κ1) is 44.4. The van der Waals surface area contributed by atoms with Gasteiger partial charge in [0.05, 0.1) is 11.1 Å². The van der Waals surface area contributed by atoms with E-state index >= 15 is 0 Å². The molecule has 0 aliphatic heterocycles. The summed E-state index contributed by atoms with van der Waals surface area (Å²) >= 11 is 0. The first-order valence-electron chi connectivity index (χ1n) is 21.6. The molecule has 61 heavy (non-hydrogen) atoms. The molecule has 12 nitrogen and oxygen atoms in total. The SMILES string of the molecule is CCN(CC)CCCCc1nc(C)nc(NCCCN(CC)CC)n1.CNc1ccc(-c2ccc(NC)c3c2C(=O)c2ccccc2C3=O)c2c1C(=O)c1ccccc1C2=O. The van der Waals surface area contributed by atoms with Crippen molar-refractivity contribution in [2.75, 3.05) is 75.9 Å². The average Bonchev–Trinajstić information content (AvgIpc) is 3.29. The number of aromatic nitrogens is 3. The summed E-state index contributed by atoms with van der Waals surface area (Å²) < 4.78 is 0. The lowest BCUT2D eigenvalue weighted by molar-refractivity contribution is 0.0978. The van der Waals surface area contributed by atoms with Gasteiger partial charge in [-0.05, 0) is 88.7 Å². The van der Waals surface area contributed by atoms with Crippen LogP contribution in [0.15, 0.2) is 72.8 Å². The van der Waals surface area contributed by atoms with E-state index in [4.69, 9.17) is 0 Å². The molecule has 3 N–H and O–H groups in total. The number of ketones is 4. The lowest BCUT2D eigenvalue weighted by atomic mass is 9.75. The predicted octanol–water partition coefficient (Wildman–Crippen LogP) is 7.98.